The number of nitrogens with zero attached hydrogens (tertiary/aromatic N) is 3. The lowest BCUT2D eigenvalue weighted by Gasteiger charge is -2.36. The summed E-state index contributed by atoms with van der Waals surface area (Å²) in [5.74, 6) is 0.556. The van der Waals surface area contributed by atoms with Crippen molar-refractivity contribution in [3.05, 3.63) is 117 Å². The Hall–Kier alpha value is -8.15. The Morgan fingerprint density at radius 3 is 1.56 bits per heavy atom. The molecule has 4 aliphatic heterocycles. The topological polar surface area (TPSA) is 209 Å². The number of ether oxygens (including phenoxy) is 9. The Bertz CT molecular complexity index is 3050. The molecular formula is C55H63B2N3O15. The molecule has 5 aromatic carbocycles. The lowest BCUT2D eigenvalue weighted by Crippen LogP contribution is -2.41. The number of carbonyl (C=O) groups excluding carboxylic acids is 3. The Kier molecular flexibility index (Phi) is 18.0. The Labute approximate surface area is 442 Å². The fraction of sp³-hybridized carbons (Fsp3) is 0.345. The van der Waals surface area contributed by atoms with Crippen LogP contribution in [0.3, 0.4) is 0 Å². The number of oxime groups is 1. The molecule has 0 unspecified atom stereocenters. The highest BCUT2D eigenvalue weighted by Gasteiger charge is 2.51. The Morgan fingerprint density at radius 2 is 1.12 bits per heavy atom. The van der Waals surface area contributed by atoms with Crippen molar-refractivity contribution in [2.24, 2.45) is 33.9 Å². The van der Waals surface area contributed by atoms with E-state index in [0.717, 1.165) is 45.5 Å². The van der Waals surface area contributed by atoms with Crippen molar-refractivity contribution in [3.8, 4) is 51.7 Å². The number of anilines is 1. The second-order valence-electron chi connectivity index (χ2n) is 17.2. The van der Waals surface area contributed by atoms with E-state index in [9.17, 15) is 24.3 Å². The van der Waals surface area contributed by atoms with Gasteiger partial charge in [0.05, 0.1) is 82.2 Å². The summed E-state index contributed by atoms with van der Waals surface area (Å²) in [6, 6.07) is 21.9. The minimum atomic E-state index is -0.972. The number of carboxylic acid groups (broad SMARTS) is 1. The van der Waals surface area contributed by atoms with Crippen LogP contribution in [0.2, 0.25) is 0 Å². The first-order valence-electron chi connectivity index (χ1n) is 22.3. The highest BCUT2D eigenvalue weighted by atomic mass is 16.7. The molecule has 0 saturated heterocycles. The molecule has 394 valence electrons. The van der Waals surface area contributed by atoms with Crippen LogP contribution in [-0.4, -0.2) is 120 Å². The minimum absolute atomic E-state index is 0. The number of aliphatic carboxylic acids is 1. The number of benzene rings is 5. The molecule has 0 spiro atoms. The fourth-order valence-corrected chi connectivity index (χ4v) is 10.7. The molecule has 20 heteroatoms. The van der Waals surface area contributed by atoms with Crippen LogP contribution >= 0.6 is 0 Å². The summed E-state index contributed by atoms with van der Waals surface area (Å²) in [6.45, 7) is 2.46. The average molecular weight is 1030 g/mol. The average Bonchev–Trinajstić information content (AvgIpc) is 4.23. The number of carbonyl (C=O) groups is 4. The summed E-state index contributed by atoms with van der Waals surface area (Å²) >= 11 is 0. The van der Waals surface area contributed by atoms with Gasteiger partial charge in [-0.25, -0.2) is 0 Å². The van der Waals surface area contributed by atoms with Crippen molar-refractivity contribution < 1.29 is 74.6 Å². The molecule has 6 radical (unpaired) electrons. The van der Waals surface area contributed by atoms with E-state index in [-0.39, 0.29) is 78.7 Å². The van der Waals surface area contributed by atoms with Gasteiger partial charge in [0.25, 0.3) is 0 Å². The van der Waals surface area contributed by atoms with Crippen molar-refractivity contribution >= 4 is 58.3 Å². The first kappa shape index (κ1) is 57.7. The van der Waals surface area contributed by atoms with Crippen molar-refractivity contribution in [3.63, 3.8) is 0 Å². The van der Waals surface area contributed by atoms with Crippen molar-refractivity contribution in [1.82, 2.24) is 0 Å². The van der Waals surface area contributed by atoms with E-state index in [1.54, 1.807) is 32.2 Å². The zero-order chi connectivity index (χ0) is 49.0. The maximum atomic E-state index is 13.0. The molecule has 11 rings (SSSR count). The molecule has 6 aliphatic rings. The van der Waals surface area contributed by atoms with Crippen LogP contribution in [0.25, 0.3) is 0 Å². The zero-order valence-electron chi connectivity index (χ0n) is 40.0. The first-order valence-corrected chi connectivity index (χ1v) is 22.3. The molecule has 4 heterocycles. The predicted molar refractivity (Wildman–Crippen MR) is 286 cm³/mol. The molecule has 1 N–H and O–H groups in total. The van der Waals surface area contributed by atoms with Crippen LogP contribution in [0.15, 0.2) is 83.1 Å². The third-order valence-electron chi connectivity index (χ3n) is 13.8. The first-order chi connectivity index (χ1) is 34.0. The second-order valence-corrected chi connectivity index (χ2v) is 17.2. The van der Waals surface area contributed by atoms with Gasteiger partial charge in [0.2, 0.25) is 13.6 Å². The van der Waals surface area contributed by atoms with Crippen LogP contribution in [-0.2, 0) is 14.4 Å². The van der Waals surface area contributed by atoms with E-state index in [2.05, 4.69) is 5.16 Å². The van der Waals surface area contributed by atoms with Crippen LogP contribution in [0, 0.1) is 23.7 Å². The fourth-order valence-electron chi connectivity index (χ4n) is 10.7. The van der Waals surface area contributed by atoms with Crippen LogP contribution in [0.5, 0.6) is 51.7 Å². The molecule has 0 aromatic heterocycles. The number of methoxy groups -OCH3 is 5. The highest BCUT2D eigenvalue weighted by molar-refractivity contribution is 6.10. The van der Waals surface area contributed by atoms with E-state index >= 15 is 0 Å². The van der Waals surface area contributed by atoms with Gasteiger partial charge in [0, 0.05) is 54.5 Å². The second kappa shape index (κ2) is 23.4. The highest BCUT2D eigenvalue weighted by Crippen LogP contribution is 2.53. The van der Waals surface area contributed by atoms with Gasteiger partial charge < -0.3 is 52.6 Å². The Balaban J connectivity index is 0.000000379. The molecule has 5 aromatic rings. The number of hydrazone groups is 1. The summed E-state index contributed by atoms with van der Waals surface area (Å²) in [6.07, 6.45) is 1.40. The van der Waals surface area contributed by atoms with E-state index in [1.165, 1.54) is 28.4 Å². The van der Waals surface area contributed by atoms with Gasteiger partial charge in [-0.05, 0) is 102 Å². The van der Waals surface area contributed by atoms with E-state index < -0.39 is 29.6 Å². The van der Waals surface area contributed by atoms with Gasteiger partial charge in [0.15, 0.2) is 58.6 Å². The number of carboxylic acids is 1. The number of hydrogen-bond acceptors (Lipinski definition) is 17. The molecule has 0 fully saturated rings. The van der Waals surface area contributed by atoms with Gasteiger partial charge in [0.1, 0.15) is 18.1 Å². The maximum Gasteiger partial charge on any atom is 0.308 e. The SMILES string of the molecule is C.C.C.COc1cc([C@@H]2c3cc4c(cc3C3=NOC[C@H]3[C@@H]2C(C)=O)OCO4)cc(C=O)c1OC.COc1ccc(N2C[C@@H]3C(=N2)c2cc4c(cc2[C@@H](c2cc(C=O)c(OC)c(OC)c2)[C@H]3C(=O)O)OCO4)cc1.[2HH].[2HH].[B].[B]. The lowest BCUT2D eigenvalue weighted by atomic mass is 9.64. The Morgan fingerprint density at radius 1 is 0.640 bits per heavy atom. The quantitative estimate of drug-likeness (QED) is 0.0917. The standard InChI is InChI=1S/C29H26N2O8.C23H21NO7.3CH4.2B.2H2/c1-35-18-6-4-17(5-7-18)31-12-21-26(29(33)34)25(15-8-16(13-32)28(37-3)24(9-15)36-2)19-10-22-23(39-14-38-22)11-20(19)27(21)30-31;1-11(26)20-16-9-31-24-22(16)15-7-18-17(29-10-30-18)6-14(15)21(20)12-4-13(8-25)23(28-3)19(5-12)27-2;;;;;;;/h4-11,13,21,25-26H,12,14H2,1-3H3,(H,33,34);4-8,16,20-21H,9-10H2,1-3H3;3*1H4;;;2*1H/t21-,25+,26-;16-,20-,21+;;;;;;;/m00......./s1/i;;;;;;;2*1+1. The van der Waals surface area contributed by atoms with Crippen molar-refractivity contribution in [2.75, 3.05) is 67.3 Å². The lowest BCUT2D eigenvalue weighted by molar-refractivity contribution is -0.143. The monoisotopic (exact) mass is 1030 g/mol. The summed E-state index contributed by atoms with van der Waals surface area (Å²) in [5, 5.41) is 21.6. The predicted octanol–water partition coefficient (Wildman–Crippen LogP) is 8.53. The number of fused-ring (bicyclic) bond motifs is 8. The summed E-state index contributed by atoms with van der Waals surface area (Å²) in [7, 11) is 7.53. The largest absolute Gasteiger partial charge is 0.497 e. The number of aldehydes is 2. The molecule has 18 nitrogen and oxygen atoms in total. The van der Waals surface area contributed by atoms with Gasteiger partial charge in [-0.3, -0.25) is 24.2 Å². The molecule has 2 aliphatic carbocycles. The zero-order valence-corrected chi connectivity index (χ0v) is 40.0. The smallest absolute Gasteiger partial charge is 0.308 e. The summed E-state index contributed by atoms with van der Waals surface area (Å²) < 4.78 is 49.6. The minimum Gasteiger partial charge on any atom is -0.497 e. The molecule has 75 heavy (non-hydrogen) atoms. The summed E-state index contributed by atoms with van der Waals surface area (Å²) in [4.78, 5) is 55.2. The molecule has 0 bridgehead atoms. The van der Waals surface area contributed by atoms with E-state index in [4.69, 9.17) is 52.6 Å². The normalized spacial score (nSPS) is 20.1. The number of Topliss-reactive ketones (excluding diaryl/α,β-unsaturated/α-hetero) is 1. The maximum absolute atomic E-state index is 13.0. The molecule has 0 amide bonds. The molecular weight excluding hydrogens is 964 g/mol. The number of rotatable bonds is 12. The van der Waals surface area contributed by atoms with Gasteiger partial charge >= 0.3 is 5.97 Å². The van der Waals surface area contributed by atoms with Gasteiger partial charge in [-0.15, -0.1) is 0 Å². The van der Waals surface area contributed by atoms with Crippen LogP contribution < -0.4 is 47.6 Å². The third-order valence-corrected chi connectivity index (χ3v) is 13.8. The summed E-state index contributed by atoms with van der Waals surface area (Å²) in [5.41, 5.74) is 7.45. The van der Waals surface area contributed by atoms with Crippen molar-refractivity contribution in [1.29, 1.82) is 0 Å². The van der Waals surface area contributed by atoms with Crippen LogP contribution in [0.1, 0.15) is 98.0 Å². The van der Waals surface area contributed by atoms with Crippen LogP contribution in [0.4, 0.5) is 5.69 Å². The van der Waals surface area contributed by atoms with Crippen molar-refractivity contribution in [2.45, 2.75) is 41.0 Å². The number of ketones is 1. The molecule has 0 saturated carbocycles. The molecule has 6 atom stereocenters. The number of hydrogen-bond donors (Lipinski definition) is 1. The van der Waals surface area contributed by atoms with E-state index in [1.807, 2.05) is 59.6 Å². The van der Waals surface area contributed by atoms with Gasteiger partial charge in [-0.2, -0.15) is 5.10 Å². The third kappa shape index (κ3) is 9.76. The van der Waals surface area contributed by atoms with E-state index in [0.29, 0.717) is 88.0 Å². The van der Waals surface area contributed by atoms with Gasteiger partial charge in [-0.1, -0.05) is 27.4 Å².